The molecule has 0 aliphatic carbocycles. The number of halogens is 1. The molecule has 1 aliphatic heterocycles. The standard InChI is InChI=1S/C18H29N5O2.HI/c1-3-19-17(20-9-12-25-2)21-14-15-7-6-8-16(13-15)22-18(24)23-10-4-5-11-23;/h6-8,13H,3-5,9-12,14H2,1-2H3,(H,22,24)(H2,19,20,21);1H. The molecule has 3 N–H and O–H groups in total. The first-order chi connectivity index (χ1) is 12.2. The first kappa shape index (κ1) is 22.5. The van der Waals surface area contributed by atoms with Crippen LogP contribution in [0.1, 0.15) is 25.3 Å². The van der Waals surface area contributed by atoms with Gasteiger partial charge in [0.25, 0.3) is 0 Å². The summed E-state index contributed by atoms with van der Waals surface area (Å²) in [7, 11) is 1.67. The Labute approximate surface area is 173 Å². The Bertz CT molecular complexity index is 576. The molecule has 146 valence electrons. The highest BCUT2D eigenvalue weighted by atomic mass is 127. The number of carbonyl (C=O) groups is 1. The molecule has 1 fully saturated rings. The number of aliphatic imine (C=N–C) groups is 1. The molecule has 26 heavy (non-hydrogen) atoms. The van der Waals surface area contributed by atoms with Gasteiger partial charge in [-0.05, 0) is 37.5 Å². The van der Waals surface area contributed by atoms with Gasteiger partial charge in [0.05, 0.1) is 13.2 Å². The highest BCUT2D eigenvalue weighted by molar-refractivity contribution is 14.0. The number of benzene rings is 1. The zero-order valence-corrected chi connectivity index (χ0v) is 17.9. The minimum Gasteiger partial charge on any atom is -0.383 e. The van der Waals surface area contributed by atoms with Gasteiger partial charge in [-0.2, -0.15) is 0 Å². The number of anilines is 1. The average molecular weight is 475 g/mol. The van der Waals surface area contributed by atoms with Crippen LogP contribution in [0.3, 0.4) is 0 Å². The van der Waals surface area contributed by atoms with Crippen molar-refractivity contribution < 1.29 is 9.53 Å². The lowest BCUT2D eigenvalue weighted by Gasteiger charge is -2.16. The molecule has 2 rings (SSSR count). The number of likely N-dealkylation sites (tertiary alicyclic amines) is 1. The molecule has 0 unspecified atom stereocenters. The van der Waals surface area contributed by atoms with Crippen LogP contribution in [0.2, 0.25) is 0 Å². The predicted molar refractivity (Wildman–Crippen MR) is 116 cm³/mol. The number of nitrogens with zero attached hydrogens (tertiary/aromatic N) is 2. The van der Waals surface area contributed by atoms with Crippen LogP contribution in [0.5, 0.6) is 0 Å². The molecule has 2 amide bonds. The van der Waals surface area contributed by atoms with Crippen molar-refractivity contribution in [2.24, 2.45) is 4.99 Å². The first-order valence-corrected chi connectivity index (χ1v) is 8.89. The smallest absolute Gasteiger partial charge is 0.321 e. The highest BCUT2D eigenvalue weighted by Crippen LogP contribution is 2.14. The Hall–Kier alpha value is -1.55. The predicted octanol–water partition coefficient (Wildman–Crippen LogP) is 2.63. The van der Waals surface area contributed by atoms with E-state index in [-0.39, 0.29) is 30.0 Å². The fraction of sp³-hybridized carbons (Fsp3) is 0.556. The topological polar surface area (TPSA) is 78.0 Å². The van der Waals surface area contributed by atoms with Crippen molar-refractivity contribution in [1.29, 1.82) is 0 Å². The number of ether oxygens (including phenoxy) is 1. The van der Waals surface area contributed by atoms with Crippen LogP contribution in [-0.4, -0.2) is 56.8 Å². The molecule has 0 saturated carbocycles. The van der Waals surface area contributed by atoms with E-state index >= 15 is 0 Å². The maximum atomic E-state index is 12.2. The fourth-order valence-electron chi connectivity index (χ4n) is 2.65. The van der Waals surface area contributed by atoms with E-state index in [1.54, 1.807) is 7.11 Å². The van der Waals surface area contributed by atoms with Crippen LogP contribution in [0.15, 0.2) is 29.3 Å². The van der Waals surface area contributed by atoms with E-state index in [2.05, 4.69) is 20.9 Å². The van der Waals surface area contributed by atoms with E-state index in [1.165, 1.54) is 0 Å². The molecule has 7 nitrogen and oxygen atoms in total. The number of hydrogen-bond acceptors (Lipinski definition) is 3. The lowest BCUT2D eigenvalue weighted by atomic mass is 10.2. The van der Waals surface area contributed by atoms with Gasteiger partial charge >= 0.3 is 6.03 Å². The van der Waals surface area contributed by atoms with E-state index in [4.69, 9.17) is 4.74 Å². The fourth-order valence-corrected chi connectivity index (χ4v) is 2.65. The van der Waals surface area contributed by atoms with Crippen LogP contribution in [-0.2, 0) is 11.3 Å². The third-order valence-electron chi connectivity index (χ3n) is 3.93. The number of urea groups is 1. The van der Waals surface area contributed by atoms with Gasteiger partial charge in [-0.25, -0.2) is 9.79 Å². The van der Waals surface area contributed by atoms with Crippen LogP contribution in [0, 0.1) is 0 Å². The van der Waals surface area contributed by atoms with Crippen LogP contribution >= 0.6 is 24.0 Å². The first-order valence-electron chi connectivity index (χ1n) is 8.89. The molecule has 1 aliphatic rings. The summed E-state index contributed by atoms with van der Waals surface area (Å²) >= 11 is 0. The Kier molecular flexibility index (Phi) is 11.0. The number of carbonyl (C=O) groups excluding carboxylic acids is 1. The van der Waals surface area contributed by atoms with Crippen molar-refractivity contribution in [3.63, 3.8) is 0 Å². The maximum absolute atomic E-state index is 12.2. The van der Waals surface area contributed by atoms with Crippen molar-refractivity contribution in [3.8, 4) is 0 Å². The van der Waals surface area contributed by atoms with E-state index in [0.29, 0.717) is 19.7 Å². The van der Waals surface area contributed by atoms with Crippen molar-refractivity contribution >= 4 is 41.7 Å². The normalized spacial score (nSPS) is 13.9. The largest absolute Gasteiger partial charge is 0.383 e. The van der Waals surface area contributed by atoms with Crippen LogP contribution in [0.4, 0.5) is 10.5 Å². The Balaban J connectivity index is 0.00000338. The monoisotopic (exact) mass is 475 g/mol. The number of amides is 2. The number of methoxy groups -OCH3 is 1. The van der Waals surface area contributed by atoms with Gasteiger partial charge in [0.2, 0.25) is 0 Å². The second-order valence-corrected chi connectivity index (χ2v) is 5.94. The molecule has 0 spiro atoms. The molecule has 8 heteroatoms. The van der Waals surface area contributed by atoms with Crippen molar-refractivity contribution in [3.05, 3.63) is 29.8 Å². The van der Waals surface area contributed by atoms with Crippen LogP contribution < -0.4 is 16.0 Å². The Morgan fingerprint density at radius 3 is 2.73 bits per heavy atom. The molecule has 1 saturated heterocycles. The molecule has 1 aromatic carbocycles. The summed E-state index contributed by atoms with van der Waals surface area (Å²) in [6.07, 6.45) is 2.18. The summed E-state index contributed by atoms with van der Waals surface area (Å²) in [5, 5.41) is 9.39. The van der Waals surface area contributed by atoms with E-state index in [1.807, 2.05) is 36.1 Å². The van der Waals surface area contributed by atoms with Gasteiger partial charge < -0.3 is 25.6 Å². The molecule has 0 aromatic heterocycles. The lowest BCUT2D eigenvalue weighted by molar-refractivity contribution is 0.203. The zero-order valence-electron chi connectivity index (χ0n) is 15.6. The molecule has 0 radical (unpaired) electrons. The number of hydrogen-bond donors (Lipinski definition) is 3. The van der Waals surface area contributed by atoms with Gasteiger partial charge in [0.15, 0.2) is 5.96 Å². The summed E-state index contributed by atoms with van der Waals surface area (Å²) in [4.78, 5) is 18.6. The maximum Gasteiger partial charge on any atom is 0.321 e. The lowest BCUT2D eigenvalue weighted by Crippen LogP contribution is -2.38. The summed E-state index contributed by atoms with van der Waals surface area (Å²) in [6.45, 7) is 6.38. The molecule has 0 bridgehead atoms. The number of guanidine groups is 1. The Morgan fingerprint density at radius 2 is 2.04 bits per heavy atom. The van der Waals surface area contributed by atoms with Crippen molar-refractivity contribution in [2.45, 2.75) is 26.3 Å². The van der Waals surface area contributed by atoms with Gasteiger partial charge in [-0.15, -0.1) is 24.0 Å². The summed E-state index contributed by atoms with van der Waals surface area (Å²) in [5.41, 5.74) is 1.85. The number of nitrogens with one attached hydrogen (secondary N) is 3. The molecule has 0 atom stereocenters. The van der Waals surface area contributed by atoms with Gasteiger partial charge in [-0.1, -0.05) is 12.1 Å². The Morgan fingerprint density at radius 1 is 1.27 bits per heavy atom. The van der Waals surface area contributed by atoms with Gasteiger partial charge in [-0.3, -0.25) is 0 Å². The quantitative estimate of drug-likeness (QED) is 0.245. The average Bonchev–Trinajstić information content (AvgIpc) is 3.15. The minimum atomic E-state index is -0.0206. The second-order valence-electron chi connectivity index (χ2n) is 5.94. The molecule has 1 heterocycles. The summed E-state index contributed by atoms with van der Waals surface area (Å²) in [6, 6.07) is 7.80. The molecular weight excluding hydrogens is 445 g/mol. The minimum absolute atomic E-state index is 0. The second kappa shape index (κ2) is 12.7. The zero-order chi connectivity index (χ0) is 17.9. The van der Waals surface area contributed by atoms with E-state index in [9.17, 15) is 4.79 Å². The van der Waals surface area contributed by atoms with Crippen LogP contribution in [0.25, 0.3) is 0 Å². The van der Waals surface area contributed by atoms with E-state index < -0.39 is 0 Å². The van der Waals surface area contributed by atoms with E-state index in [0.717, 1.165) is 49.7 Å². The highest BCUT2D eigenvalue weighted by Gasteiger charge is 2.17. The third-order valence-corrected chi connectivity index (χ3v) is 3.93. The summed E-state index contributed by atoms with van der Waals surface area (Å²) in [5.74, 6) is 0.756. The van der Waals surface area contributed by atoms with Gasteiger partial charge in [0, 0.05) is 39.0 Å². The van der Waals surface area contributed by atoms with Crippen molar-refractivity contribution in [2.75, 3.05) is 45.2 Å². The third kappa shape index (κ3) is 7.77. The molecular formula is C18H30IN5O2. The van der Waals surface area contributed by atoms with Crippen molar-refractivity contribution in [1.82, 2.24) is 15.5 Å². The SMILES string of the molecule is CCNC(=NCc1cccc(NC(=O)N2CCCC2)c1)NCCOC.I. The number of rotatable bonds is 7. The summed E-state index contributed by atoms with van der Waals surface area (Å²) < 4.78 is 5.04. The van der Waals surface area contributed by atoms with Gasteiger partial charge in [0.1, 0.15) is 0 Å². The molecule has 1 aromatic rings.